The van der Waals surface area contributed by atoms with Crippen molar-refractivity contribution in [3.05, 3.63) is 42.5 Å². The van der Waals surface area contributed by atoms with E-state index >= 15 is 0 Å². The fourth-order valence-electron chi connectivity index (χ4n) is 1.29. The second-order valence-electron chi connectivity index (χ2n) is 2.85. The quantitative estimate of drug-likeness (QED) is 0.683. The van der Waals surface area contributed by atoms with Crippen molar-refractivity contribution in [2.75, 3.05) is 7.11 Å². The van der Waals surface area contributed by atoms with E-state index in [1.54, 1.807) is 7.11 Å². The smallest absolute Gasteiger partial charge is 0.432 e. The van der Waals surface area contributed by atoms with Crippen LogP contribution >= 0.6 is 0 Å². The van der Waals surface area contributed by atoms with Gasteiger partial charge in [0.2, 0.25) is 0 Å². The Morgan fingerprint density at radius 1 is 1.00 bits per heavy atom. The summed E-state index contributed by atoms with van der Waals surface area (Å²) in [7, 11) is 0.935. The summed E-state index contributed by atoms with van der Waals surface area (Å²) in [5, 5.41) is 16.7. The molecule has 0 bridgehead atoms. The van der Waals surface area contributed by atoms with E-state index in [1.165, 1.54) is 10.8 Å². The molecule has 0 unspecified atom stereocenters. The van der Waals surface area contributed by atoms with Crippen LogP contribution in [-0.2, 0) is 0 Å². The third-order valence-electron chi connectivity index (χ3n) is 1.96. The maximum absolute atomic E-state index is 7.12. The molecule has 0 aliphatic rings. The molecule has 0 atom stereocenters. The zero-order chi connectivity index (χ0) is 11.1. The SMILES string of the molecule is COc1ccc2ccccc2c1.OBO. The summed E-state index contributed by atoms with van der Waals surface area (Å²) in [6.07, 6.45) is 0. The molecule has 0 fully saturated rings. The van der Waals surface area contributed by atoms with Gasteiger partial charge in [0.25, 0.3) is 0 Å². The Kier molecular flexibility index (Phi) is 4.67. The second kappa shape index (κ2) is 6.06. The topological polar surface area (TPSA) is 49.7 Å². The van der Waals surface area contributed by atoms with Crippen LogP contribution in [0.25, 0.3) is 10.8 Å². The van der Waals surface area contributed by atoms with Gasteiger partial charge in [0.1, 0.15) is 5.75 Å². The Hall–Kier alpha value is -1.52. The van der Waals surface area contributed by atoms with E-state index < -0.39 is 7.69 Å². The van der Waals surface area contributed by atoms with E-state index in [0.717, 1.165) is 5.75 Å². The van der Waals surface area contributed by atoms with Gasteiger partial charge in [-0.15, -0.1) is 0 Å². The maximum atomic E-state index is 7.12. The molecule has 15 heavy (non-hydrogen) atoms. The van der Waals surface area contributed by atoms with Crippen LogP contribution in [0.4, 0.5) is 0 Å². The highest BCUT2D eigenvalue weighted by atomic mass is 16.5. The van der Waals surface area contributed by atoms with E-state index in [1.807, 2.05) is 24.3 Å². The lowest BCUT2D eigenvalue weighted by atomic mass is 10.1. The first-order valence-electron chi connectivity index (χ1n) is 4.56. The van der Waals surface area contributed by atoms with Crippen LogP contribution in [0, 0.1) is 0 Å². The van der Waals surface area contributed by atoms with E-state index in [4.69, 9.17) is 14.8 Å². The van der Waals surface area contributed by atoms with E-state index in [0.29, 0.717) is 0 Å². The molecule has 0 radical (unpaired) electrons. The van der Waals surface area contributed by atoms with Crippen LogP contribution in [0.5, 0.6) is 5.75 Å². The molecule has 2 aromatic carbocycles. The van der Waals surface area contributed by atoms with Crippen LogP contribution in [-0.4, -0.2) is 24.8 Å². The van der Waals surface area contributed by atoms with Crippen molar-refractivity contribution in [3.8, 4) is 5.75 Å². The molecule has 3 nitrogen and oxygen atoms in total. The van der Waals surface area contributed by atoms with E-state index in [-0.39, 0.29) is 0 Å². The lowest BCUT2D eigenvalue weighted by molar-refractivity contribution is 0.415. The summed E-state index contributed by atoms with van der Waals surface area (Å²) >= 11 is 0. The molecule has 0 amide bonds. The molecular weight excluding hydrogens is 191 g/mol. The molecule has 0 aliphatic heterocycles. The van der Waals surface area contributed by atoms with Gasteiger partial charge < -0.3 is 14.8 Å². The zero-order valence-electron chi connectivity index (χ0n) is 8.55. The zero-order valence-corrected chi connectivity index (χ0v) is 8.55. The van der Waals surface area contributed by atoms with Crippen molar-refractivity contribution in [2.24, 2.45) is 0 Å². The fourth-order valence-corrected chi connectivity index (χ4v) is 1.29. The van der Waals surface area contributed by atoms with Gasteiger partial charge in [-0.1, -0.05) is 30.3 Å². The van der Waals surface area contributed by atoms with Crippen molar-refractivity contribution in [2.45, 2.75) is 0 Å². The molecule has 78 valence electrons. The summed E-state index contributed by atoms with van der Waals surface area (Å²) in [5.41, 5.74) is 0. The Balaban J connectivity index is 0.000000337. The first-order valence-corrected chi connectivity index (χ1v) is 4.56. The highest BCUT2D eigenvalue weighted by Gasteiger charge is 1.93. The normalized spacial score (nSPS) is 9.00. The Morgan fingerprint density at radius 3 is 2.20 bits per heavy atom. The Morgan fingerprint density at radius 2 is 1.60 bits per heavy atom. The molecular formula is C11H13BO3. The summed E-state index contributed by atoms with van der Waals surface area (Å²) in [4.78, 5) is 0. The molecule has 0 heterocycles. The summed E-state index contributed by atoms with van der Waals surface area (Å²) < 4.78 is 5.12. The van der Waals surface area contributed by atoms with Gasteiger partial charge in [0, 0.05) is 0 Å². The monoisotopic (exact) mass is 204 g/mol. The van der Waals surface area contributed by atoms with E-state index in [9.17, 15) is 0 Å². The number of hydrogen-bond donors (Lipinski definition) is 2. The number of benzene rings is 2. The van der Waals surface area contributed by atoms with Crippen LogP contribution in [0.2, 0.25) is 0 Å². The molecule has 4 heteroatoms. The molecule has 2 aromatic rings. The molecule has 0 aliphatic carbocycles. The van der Waals surface area contributed by atoms with Gasteiger partial charge in [-0.25, -0.2) is 0 Å². The van der Waals surface area contributed by atoms with Crippen LogP contribution in [0.3, 0.4) is 0 Å². The third-order valence-corrected chi connectivity index (χ3v) is 1.96. The van der Waals surface area contributed by atoms with Crippen molar-refractivity contribution in [1.82, 2.24) is 0 Å². The minimum Gasteiger partial charge on any atom is -0.497 e. The van der Waals surface area contributed by atoms with Crippen molar-refractivity contribution in [1.29, 1.82) is 0 Å². The van der Waals surface area contributed by atoms with Crippen LogP contribution in [0.15, 0.2) is 42.5 Å². The average molecular weight is 204 g/mol. The molecule has 0 aromatic heterocycles. The van der Waals surface area contributed by atoms with Gasteiger partial charge in [-0.05, 0) is 22.9 Å². The highest BCUT2D eigenvalue weighted by molar-refractivity contribution is 6.13. The van der Waals surface area contributed by atoms with Gasteiger partial charge in [-0.3, -0.25) is 0 Å². The van der Waals surface area contributed by atoms with Gasteiger partial charge in [-0.2, -0.15) is 0 Å². The van der Waals surface area contributed by atoms with Gasteiger partial charge >= 0.3 is 7.69 Å². The molecule has 0 saturated heterocycles. The number of methoxy groups -OCH3 is 1. The van der Waals surface area contributed by atoms with Crippen LogP contribution < -0.4 is 4.74 Å². The maximum Gasteiger partial charge on any atom is 0.432 e. The molecule has 0 spiro atoms. The standard InChI is InChI=1S/C11H10O.BH3O2/c1-12-11-7-6-9-4-2-3-5-10(9)8-11;2-1-3/h2-8H,1H3;1-3H. The first-order chi connectivity index (χ1) is 7.31. The predicted octanol–water partition coefficient (Wildman–Crippen LogP) is 1.09. The van der Waals surface area contributed by atoms with Crippen molar-refractivity contribution in [3.63, 3.8) is 0 Å². The summed E-state index contributed by atoms with van der Waals surface area (Å²) in [5.74, 6) is 0.911. The lowest BCUT2D eigenvalue weighted by Crippen LogP contribution is -1.81. The second-order valence-corrected chi connectivity index (χ2v) is 2.85. The number of fused-ring (bicyclic) bond motifs is 1. The van der Waals surface area contributed by atoms with Gasteiger partial charge in [0.05, 0.1) is 7.11 Å². The molecule has 0 saturated carbocycles. The van der Waals surface area contributed by atoms with Crippen molar-refractivity contribution >= 4 is 18.5 Å². The van der Waals surface area contributed by atoms with Crippen molar-refractivity contribution < 1.29 is 14.8 Å². The number of ether oxygens (including phenoxy) is 1. The Bertz CT molecular complexity index is 417. The van der Waals surface area contributed by atoms with Gasteiger partial charge in [0.15, 0.2) is 0 Å². The fraction of sp³-hybridized carbons (Fsp3) is 0.0909. The number of rotatable bonds is 1. The van der Waals surface area contributed by atoms with Crippen LogP contribution in [0.1, 0.15) is 0 Å². The molecule has 2 N–H and O–H groups in total. The highest BCUT2D eigenvalue weighted by Crippen LogP contribution is 2.19. The predicted molar refractivity (Wildman–Crippen MR) is 62.1 cm³/mol. The van der Waals surface area contributed by atoms with E-state index in [2.05, 4.69) is 18.2 Å². The minimum atomic E-state index is -0.750. The lowest BCUT2D eigenvalue weighted by Gasteiger charge is -2.00. The Labute approximate surface area is 89.2 Å². The largest absolute Gasteiger partial charge is 0.497 e. The third kappa shape index (κ3) is 3.27. The number of hydrogen-bond acceptors (Lipinski definition) is 3. The first kappa shape index (κ1) is 11.6. The summed E-state index contributed by atoms with van der Waals surface area (Å²) in [6.45, 7) is 0. The minimum absolute atomic E-state index is 0.750. The molecule has 2 rings (SSSR count). The summed E-state index contributed by atoms with van der Waals surface area (Å²) in [6, 6.07) is 14.3. The average Bonchev–Trinajstić information content (AvgIpc) is 2.29.